The number of aromatic amines is 1. The maximum Gasteiger partial charge on any atom is 0.288 e. The highest BCUT2D eigenvalue weighted by Gasteiger charge is 2.15. The van der Waals surface area contributed by atoms with Crippen LogP contribution in [-0.2, 0) is 6.61 Å². The highest BCUT2D eigenvalue weighted by Crippen LogP contribution is 2.23. The van der Waals surface area contributed by atoms with Gasteiger partial charge in [-0.05, 0) is 47.0 Å². The lowest BCUT2D eigenvalue weighted by molar-refractivity contribution is 0.298. The van der Waals surface area contributed by atoms with Crippen LogP contribution in [0.3, 0.4) is 0 Å². The summed E-state index contributed by atoms with van der Waals surface area (Å²) in [5.74, 6) is 1.66. The van der Waals surface area contributed by atoms with Crippen LogP contribution in [0.25, 0.3) is 17.2 Å². The fourth-order valence-corrected chi connectivity index (χ4v) is 3.17. The molecule has 27 heavy (non-hydrogen) atoms. The quantitative estimate of drug-likeness (QED) is 0.536. The third-order valence-corrected chi connectivity index (χ3v) is 5.27. The predicted molar refractivity (Wildman–Crippen MR) is 107 cm³/mol. The number of ether oxygens (including phenoxy) is 1. The van der Waals surface area contributed by atoms with Crippen LogP contribution in [0.4, 0.5) is 0 Å². The molecule has 0 aliphatic carbocycles. The van der Waals surface area contributed by atoms with E-state index in [2.05, 4.69) is 31.0 Å². The number of benzene rings is 2. The Hall–Kier alpha value is -2.93. The average molecular weight is 425 g/mol. The molecule has 2 heterocycles. The lowest BCUT2D eigenvalue weighted by Crippen LogP contribution is -2.19. The summed E-state index contributed by atoms with van der Waals surface area (Å²) < 4.78 is 7.58. The normalized spacial score (nSPS) is 11.1. The van der Waals surface area contributed by atoms with Crippen molar-refractivity contribution in [3.63, 3.8) is 0 Å². The molecule has 0 atom stereocenters. The van der Waals surface area contributed by atoms with E-state index in [-0.39, 0.29) is 12.2 Å². The molecule has 0 spiro atoms. The third kappa shape index (κ3) is 3.26. The molecular formula is C20H17BrN4O2. The first-order chi connectivity index (χ1) is 13.0. The van der Waals surface area contributed by atoms with Gasteiger partial charge in [0.25, 0.3) is 11.3 Å². The zero-order valence-electron chi connectivity index (χ0n) is 14.9. The van der Waals surface area contributed by atoms with Gasteiger partial charge >= 0.3 is 0 Å². The minimum Gasteiger partial charge on any atom is -0.487 e. The smallest absolute Gasteiger partial charge is 0.288 e. The van der Waals surface area contributed by atoms with Crippen molar-refractivity contribution in [1.29, 1.82) is 0 Å². The maximum atomic E-state index is 12.7. The minimum absolute atomic E-state index is 0.171. The zero-order chi connectivity index (χ0) is 19.0. The summed E-state index contributed by atoms with van der Waals surface area (Å²) >= 11 is 3.35. The largest absolute Gasteiger partial charge is 0.487 e. The summed E-state index contributed by atoms with van der Waals surface area (Å²) in [6.45, 7) is 4.21. The average Bonchev–Trinajstić information content (AvgIpc) is 3.11. The van der Waals surface area contributed by atoms with Crippen molar-refractivity contribution in [3.05, 3.63) is 80.2 Å². The van der Waals surface area contributed by atoms with Crippen LogP contribution in [0.1, 0.15) is 16.8 Å². The van der Waals surface area contributed by atoms with Gasteiger partial charge in [-0.25, -0.2) is 4.98 Å². The number of nitrogens with one attached hydrogen (secondary N) is 1. The zero-order valence-corrected chi connectivity index (χ0v) is 16.4. The van der Waals surface area contributed by atoms with Gasteiger partial charge in [0, 0.05) is 5.56 Å². The Kier molecular flexibility index (Phi) is 4.53. The molecule has 2 aromatic heterocycles. The van der Waals surface area contributed by atoms with E-state index in [1.54, 1.807) is 0 Å². The first kappa shape index (κ1) is 17.5. The van der Waals surface area contributed by atoms with Gasteiger partial charge in [-0.2, -0.15) is 9.50 Å². The second-order valence-electron chi connectivity index (χ2n) is 6.24. The molecule has 2 aromatic carbocycles. The molecule has 0 bridgehead atoms. The molecule has 7 heteroatoms. The number of fused-ring (bicyclic) bond motifs is 1. The first-order valence-electron chi connectivity index (χ1n) is 8.46. The van der Waals surface area contributed by atoms with E-state index in [0.717, 1.165) is 22.4 Å². The van der Waals surface area contributed by atoms with E-state index in [1.165, 1.54) is 4.52 Å². The second-order valence-corrected chi connectivity index (χ2v) is 7.03. The predicted octanol–water partition coefficient (Wildman–Crippen LogP) is 4.04. The van der Waals surface area contributed by atoms with Crippen LogP contribution in [0.5, 0.6) is 5.75 Å². The molecule has 0 fully saturated rings. The fourth-order valence-electron chi connectivity index (χ4n) is 2.79. The Morgan fingerprint density at radius 1 is 1.07 bits per heavy atom. The molecule has 136 valence electrons. The Balaban J connectivity index is 1.70. The van der Waals surface area contributed by atoms with Gasteiger partial charge in [0.2, 0.25) is 0 Å². The summed E-state index contributed by atoms with van der Waals surface area (Å²) in [5, 5.41) is 3.00. The van der Waals surface area contributed by atoms with Crippen LogP contribution >= 0.6 is 15.9 Å². The molecule has 0 unspecified atom stereocenters. The van der Waals surface area contributed by atoms with Crippen LogP contribution in [0, 0.1) is 13.8 Å². The van der Waals surface area contributed by atoms with E-state index >= 15 is 0 Å². The van der Waals surface area contributed by atoms with Crippen LogP contribution < -0.4 is 10.3 Å². The Morgan fingerprint density at radius 3 is 2.63 bits per heavy atom. The van der Waals surface area contributed by atoms with Gasteiger partial charge in [-0.3, -0.25) is 9.89 Å². The van der Waals surface area contributed by atoms with Crippen molar-refractivity contribution < 1.29 is 4.74 Å². The van der Waals surface area contributed by atoms with Gasteiger partial charge < -0.3 is 4.74 Å². The number of halogens is 1. The van der Waals surface area contributed by atoms with Gasteiger partial charge in [0.05, 0.1) is 0 Å². The molecule has 6 nitrogen and oxygen atoms in total. The highest BCUT2D eigenvalue weighted by molar-refractivity contribution is 9.10. The number of aryl methyl sites for hydroxylation is 1. The van der Waals surface area contributed by atoms with Crippen LogP contribution in [0.15, 0.2) is 57.8 Å². The molecule has 0 aliphatic heterocycles. The van der Waals surface area contributed by atoms with E-state index in [9.17, 15) is 4.79 Å². The molecule has 0 radical (unpaired) electrons. The molecule has 0 saturated heterocycles. The highest BCUT2D eigenvalue weighted by atomic mass is 79.9. The minimum atomic E-state index is -0.255. The van der Waals surface area contributed by atoms with Crippen molar-refractivity contribution in [2.75, 3.05) is 0 Å². The van der Waals surface area contributed by atoms with Crippen LogP contribution in [-0.4, -0.2) is 19.6 Å². The SMILES string of the molecule is Cc1cccc(OCc2nc3nc(-c4ccccc4)[nH]n3c(=O)c2Br)c1C. The van der Waals surface area contributed by atoms with Crippen molar-refractivity contribution in [2.24, 2.45) is 0 Å². The number of H-pyrrole nitrogens is 1. The molecule has 0 saturated carbocycles. The molecule has 4 rings (SSSR count). The van der Waals surface area contributed by atoms with Crippen molar-refractivity contribution >= 4 is 21.7 Å². The summed E-state index contributed by atoms with van der Waals surface area (Å²) in [6, 6.07) is 15.5. The second kappa shape index (κ2) is 7.00. The lowest BCUT2D eigenvalue weighted by Gasteiger charge is -2.11. The van der Waals surface area contributed by atoms with E-state index in [4.69, 9.17) is 4.74 Å². The van der Waals surface area contributed by atoms with Crippen molar-refractivity contribution in [2.45, 2.75) is 20.5 Å². The first-order valence-corrected chi connectivity index (χ1v) is 9.25. The molecular weight excluding hydrogens is 408 g/mol. The van der Waals surface area contributed by atoms with Crippen molar-refractivity contribution in [1.82, 2.24) is 19.6 Å². The number of hydrogen-bond acceptors (Lipinski definition) is 4. The van der Waals surface area contributed by atoms with Gasteiger partial charge in [-0.15, -0.1) is 0 Å². The number of hydrogen-bond donors (Lipinski definition) is 1. The maximum absolute atomic E-state index is 12.7. The van der Waals surface area contributed by atoms with Gasteiger partial charge in [0.15, 0.2) is 5.82 Å². The monoisotopic (exact) mass is 424 g/mol. The molecule has 1 N–H and O–H groups in total. The van der Waals surface area contributed by atoms with Gasteiger partial charge in [0.1, 0.15) is 22.5 Å². The Labute approximate surface area is 164 Å². The lowest BCUT2D eigenvalue weighted by atomic mass is 10.1. The molecule has 0 aliphatic rings. The van der Waals surface area contributed by atoms with Crippen molar-refractivity contribution in [3.8, 4) is 17.1 Å². The summed E-state index contributed by atoms with van der Waals surface area (Å²) in [5.41, 5.74) is 3.35. The van der Waals surface area contributed by atoms with Crippen LogP contribution in [0.2, 0.25) is 0 Å². The Bertz CT molecular complexity index is 1180. The number of aromatic nitrogens is 4. The fraction of sp³-hybridized carbons (Fsp3) is 0.150. The topological polar surface area (TPSA) is 72.3 Å². The molecule has 0 amide bonds. The standard InChI is InChI=1S/C20H17BrN4O2/c1-12-7-6-10-16(13(12)2)27-11-15-17(21)19(26)25-20(22-15)23-18(24-25)14-8-4-3-5-9-14/h3-10H,11H2,1-2H3,(H,22,23,24). The molecule has 4 aromatic rings. The van der Waals surface area contributed by atoms with E-state index in [0.29, 0.717) is 21.8 Å². The summed E-state index contributed by atoms with van der Waals surface area (Å²) in [4.78, 5) is 21.6. The Morgan fingerprint density at radius 2 is 1.85 bits per heavy atom. The summed E-state index contributed by atoms with van der Waals surface area (Å²) in [7, 11) is 0. The van der Waals surface area contributed by atoms with Gasteiger partial charge in [-0.1, -0.05) is 42.5 Å². The van der Waals surface area contributed by atoms with E-state index < -0.39 is 0 Å². The number of nitrogens with zero attached hydrogens (tertiary/aromatic N) is 3. The summed E-state index contributed by atoms with van der Waals surface area (Å²) in [6.07, 6.45) is 0. The van der Waals surface area contributed by atoms with E-state index in [1.807, 2.05) is 62.4 Å². The third-order valence-electron chi connectivity index (χ3n) is 4.48. The number of rotatable bonds is 4.